The average Bonchev–Trinajstić information content (AvgIpc) is 3.21. The summed E-state index contributed by atoms with van der Waals surface area (Å²) in [7, 11) is 1.59. The first-order chi connectivity index (χ1) is 16.9. The molecule has 2 atom stereocenters. The molecule has 0 bridgehead atoms. The Kier molecular flexibility index (Phi) is 10.7. The van der Waals surface area contributed by atoms with Gasteiger partial charge in [-0.25, -0.2) is 4.79 Å². The summed E-state index contributed by atoms with van der Waals surface area (Å²) in [5.74, 6) is -2.58. The third-order valence-electron chi connectivity index (χ3n) is 5.21. The predicted molar refractivity (Wildman–Crippen MR) is 139 cm³/mol. The van der Waals surface area contributed by atoms with E-state index in [4.69, 9.17) is 45.6 Å². The lowest BCUT2D eigenvalue weighted by Gasteiger charge is -2.18. The summed E-state index contributed by atoms with van der Waals surface area (Å²) in [6, 6.07) is 5.46. The van der Waals surface area contributed by atoms with Gasteiger partial charge in [0.2, 0.25) is 5.91 Å². The van der Waals surface area contributed by atoms with E-state index in [1.807, 2.05) is 0 Å². The lowest BCUT2D eigenvalue weighted by Crippen LogP contribution is -2.39. The Morgan fingerprint density at radius 1 is 1.14 bits per heavy atom. The number of carbonyl (C=O) groups excluding carboxylic acids is 2. The number of hydrogen-bond acceptors (Lipinski definition) is 7. The zero-order valence-corrected chi connectivity index (χ0v) is 21.7. The van der Waals surface area contributed by atoms with Gasteiger partial charge in [-0.1, -0.05) is 47.6 Å². The van der Waals surface area contributed by atoms with Crippen molar-refractivity contribution in [1.29, 1.82) is 0 Å². The Balaban J connectivity index is 0.000000319. The number of carboxylic acids is 2. The van der Waals surface area contributed by atoms with Gasteiger partial charge >= 0.3 is 11.9 Å². The maximum absolute atomic E-state index is 12.3. The van der Waals surface area contributed by atoms with Gasteiger partial charge in [-0.15, -0.1) is 0 Å². The molecule has 36 heavy (non-hydrogen) atoms. The second kappa shape index (κ2) is 13.3. The second-order valence-corrected chi connectivity index (χ2v) is 9.15. The second-order valence-electron chi connectivity index (χ2n) is 7.76. The van der Waals surface area contributed by atoms with Crippen LogP contribution < -0.4 is 10.6 Å². The van der Waals surface area contributed by atoms with Crippen molar-refractivity contribution in [3.05, 3.63) is 57.8 Å². The van der Waals surface area contributed by atoms with E-state index in [0.29, 0.717) is 29.9 Å². The van der Waals surface area contributed by atoms with Crippen LogP contribution in [0.4, 0.5) is 5.69 Å². The van der Waals surface area contributed by atoms with Gasteiger partial charge in [-0.05, 0) is 31.2 Å². The largest absolute Gasteiger partial charge is 0.480 e. The smallest absolute Gasteiger partial charge is 0.326 e. The summed E-state index contributed by atoms with van der Waals surface area (Å²) in [6.07, 6.45) is 3.33. The molecule has 0 aliphatic carbocycles. The Bertz CT molecular complexity index is 1120. The minimum atomic E-state index is -0.981. The molecule has 3 rings (SSSR count). The molecular formula is C23H24Cl2N4O6S. The van der Waals surface area contributed by atoms with Crippen LogP contribution in [-0.4, -0.2) is 74.4 Å². The lowest BCUT2D eigenvalue weighted by molar-refractivity contribution is -0.147. The molecule has 2 aromatic rings. The van der Waals surface area contributed by atoms with Crippen molar-refractivity contribution in [3.8, 4) is 0 Å². The molecule has 2 heterocycles. The van der Waals surface area contributed by atoms with Gasteiger partial charge < -0.3 is 25.7 Å². The molecule has 0 radical (unpaired) electrons. The SMILES string of the molecule is CC(=O)N1CC(=S)C[C@H]1C(=O)O.CN[C@@H](Cc1ccc(NC(=O)c2c(Cl)cncc2Cl)cc1)C(=O)O. The van der Waals surface area contributed by atoms with Crippen molar-refractivity contribution in [3.63, 3.8) is 0 Å². The first kappa shape index (κ1) is 29.1. The molecule has 1 aromatic carbocycles. The summed E-state index contributed by atoms with van der Waals surface area (Å²) >= 11 is 16.8. The molecule has 192 valence electrons. The maximum atomic E-state index is 12.3. The number of rotatable bonds is 7. The van der Waals surface area contributed by atoms with Crippen LogP contribution in [0.1, 0.15) is 29.3 Å². The molecule has 1 saturated heterocycles. The number of aromatic nitrogens is 1. The fourth-order valence-corrected chi connectivity index (χ4v) is 4.17. The summed E-state index contributed by atoms with van der Waals surface area (Å²) < 4.78 is 0. The molecular weight excluding hydrogens is 531 g/mol. The van der Waals surface area contributed by atoms with Gasteiger partial charge in [0, 0.05) is 36.3 Å². The molecule has 0 unspecified atom stereocenters. The standard InChI is InChI=1S/C16H15Cl2N3O3.C7H9NO3S/c1-19-13(16(23)24)6-9-2-4-10(5-3-9)21-15(22)14-11(17)7-20-8-12(14)18;1-4(9)8-3-5(12)2-6(8)7(10)11/h2-5,7-8,13,19H,6H2,1H3,(H,21,22)(H,23,24);6H,2-3H2,1H3,(H,10,11)/t13-;6-/m00/s1. The van der Waals surface area contributed by atoms with Crippen LogP contribution in [-0.2, 0) is 20.8 Å². The van der Waals surface area contributed by atoms with Crippen LogP contribution >= 0.6 is 35.4 Å². The Morgan fingerprint density at radius 3 is 2.17 bits per heavy atom. The monoisotopic (exact) mass is 554 g/mol. The van der Waals surface area contributed by atoms with Crippen molar-refractivity contribution in [2.45, 2.75) is 31.8 Å². The fraction of sp³-hybridized carbons (Fsp3) is 0.304. The highest BCUT2D eigenvalue weighted by Crippen LogP contribution is 2.24. The zero-order valence-electron chi connectivity index (χ0n) is 19.3. The van der Waals surface area contributed by atoms with Crippen molar-refractivity contribution in [2.75, 3.05) is 18.9 Å². The first-order valence-corrected chi connectivity index (χ1v) is 11.7. The van der Waals surface area contributed by atoms with Crippen LogP contribution in [0.2, 0.25) is 10.0 Å². The number of likely N-dealkylation sites (tertiary alicyclic amines) is 1. The minimum Gasteiger partial charge on any atom is -0.480 e. The summed E-state index contributed by atoms with van der Waals surface area (Å²) in [5.41, 5.74) is 1.53. The van der Waals surface area contributed by atoms with Crippen LogP contribution in [0.15, 0.2) is 36.7 Å². The average molecular weight is 555 g/mol. The van der Waals surface area contributed by atoms with Crippen molar-refractivity contribution in [1.82, 2.24) is 15.2 Å². The zero-order chi connectivity index (χ0) is 27.0. The molecule has 1 aliphatic heterocycles. The highest BCUT2D eigenvalue weighted by Gasteiger charge is 2.35. The van der Waals surface area contributed by atoms with Crippen molar-refractivity contribution >= 4 is 69.7 Å². The van der Waals surface area contributed by atoms with Crippen LogP contribution in [0.3, 0.4) is 0 Å². The number of nitrogens with zero attached hydrogens (tertiary/aromatic N) is 2. The van der Waals surface area contributed by atoms with Gasteiger partial charge in [0.15, 0.2) is 0 Å². The Labute approximate surface area is 222 Å². The van der Waals surface area contributed by atoms with E-state index in [1.54, 1.807) is 31.3 Å². The number of aliphatic carboxylic acids is 2. The third kappa shape index (κ3) is 7.95. The van der Waals surface area contributed by atoms with Gasteiger partial charge in [0.1, 0.15) is 12.1 Å². The van der Waals surface area contributed by atoms with Crippen LogP contribution in [0.5, 0.6) is 0 Å². The minimum absolute atomic E-state index is 0.151. The molecule has 1 fully saturated rings. The normalized spacial score (nSPS) is 15.5. The molecule has 13 heteroatoms. The fourth-order valence-electron chi connectivity index (χ4n) is 3.34. The number of amides is 2. The number of carboxylic acid groups (broad SMARTS) is 2. The number of benzene rings is 1. The van der Waals surface area contributed by atoms with E-state index in [9.17, 15) is 19.2 Å². The molecule has 1 aliphatic rings. The Hall–Kier alpha value is -3.12. The van der Waals surface area contributed by atoms with E-state index < -0.39 is 29.9 Å². The lowest BCUT2D eigenvalue weighted by atomic mass is 10.1. The number of halogens is 2. The van der Waals surface area contributed by atoms with Gasteiger partial charge in [0.25, 0.3) is 5.91 Å². The van der Waals surface area contributed by atoms with E-state index in [1.165, 1.54) is 24.2 Å². The van der Waals surface area contributed by atoms with Gasteiger partial charge in [0.05, 0.1) is 22.2 Å². The molecule has 4 N–H and O–H groups in total. The van der Waals surface area contributed by atoms with Gasteiger partial charge in [-0.3, -0.25) is 19.4 Å². The number of carbonyl (C=O) groups is 4. The molecule has 1 aromatic heterocycles. The quantitative estimate of drug-likeness (QED) is 0.379. The molecule has 0 saturated carbocycles. The number of nitrogens with one attached hydrogen (secondary N) is 2. The summed E-state index contributed by atoms with van der Waals surface area (Å²) in [4.78, 5) is 50.5. The maximum Gasteiger partial charge on any atom is 0.326 e. The Morgan fingerprint density at radius 2 is 1.72 bits per heavy atom. The van der Waals surface area contributed by atoms with E-state index >= 15 is 0 Å². The summed E-state index contributed by atoms with van der Waals surface area (Å²) in [5, 5.41) is 23.5. The third-order valence-corrected chi connectivity index (χ3v) is 6.08. The number of thiocarbonyl (C=S) groups is 1. The van der Waals surface area contributed by atoms with Crippen molar-refractivity contribution < 1.29 is 29.4 Å². The highest BCUT2D eigenvalue weighted by molar-refractivity contribution is 7.80. The number of likely N-dealkylation sites (N-methyl/N-ethyl adjacent to an activating group) is 1. The molecule has 0 spiro atoms. The van der Waals surface area contributed by atoms with Crippen molar-refractivity contribution in [2.24, 2.45) is 0 Å². The van der Waals surface area contributed by atoms with E-state index in [-0.39, 0.29) is 21.5 Å². The highest BCUT2D eigenvalue weighted by atomic mass is 35.5. The number of anilines is 1. The first-order valence-electron chi connectivity index (χ1n) is 10.6. The predicted octanol–water partition coefficient (Wildman–Crippen LogP) is 2.92. The van der Waals surface area contributed by atoms with E-state index in [2.05, 4.69) is 15.6 Å². The topological polar surface area (TPSA) is 149 Å². The molecule has 10 nitrogen and oxygen atoms in total. The number of pyridine rings is 1. The number of hydrogen-bond donors (Lipinski definition) is 4. The van der Waals surface area contributed by atoms with Gasteiger partial charge in [-0.2, -0.15) is 0 Å². The van der Waals surface area contributed by atoms with Crippen LogP contribution in [0, 0.1) is 0 Å². The van der Waals surface area contributed by atoms with Crippen LogP contribution in [0.25, 0.3) is 0 Å². The van der Waals surface area contributed by atoms with E-state index in [0.717, 1.165) is 5.56 Å². The summed E-state index contributed by atoms with van der Waals surface area (Å²) in [6.45, 7) is 1.66. The molecule has 2 amide bonds.